The van der Waals surface area contributed by atoms with E-state index in [0.29, 0.717) is 12.8 Å². The van der Waals surface area contributed by atoms with E-state index in [4.69, 9.17) is 0 Å². The average molecular weight is 289 g/mol. The summed E-state index contributed by atoms with van der Waals surface area (Å²) in [6.45, 7) is 4.05. The van der Waals surface area contributed by atoms with Gasteiger partial charge in [0.05, 0.1) is 17.9 Å². The molecule has 114 valence electrons. The number of benzene rings is 1. The molecule has 0 radical (unpaired) electrons. The molecule has 1 aliphatic rings. The summed E-state index contributed by atoms with van der Waals surface area (Å²) in [6, 6.07) is 8.05. The van der Waals surface area contributed by atoms with Gasteiger partial charge in [-0.25, -0.2) is 0 Å². The summed E-state index contributed by atoms with van der Waals surface area (Å²) in [6.07, 6.45) is 2.89. The third-order valence-electron chi connectivity index (χ3n) is 4.37. The highest BCUT2D eigenvalue weighted by Crippen LogP contribution is 2.32. The van der Waals surface area contributed by atoms with E-state index in [1.807, 2.05) is 38.1 Å². The summed E-state index contributed by atoms with van der Waals surface area (Å²) in [5.74, 6) is -1.88. The lowest BCUT2D eigenvalue weighted by molar-refractivity contribution is -0.146. The average Bonchev–Trinajstić information content (AvgIpc) is 2.95. The number of aliphatic carboxylic acids is 1. The van der Waals surface area contributed by atoms with Gasteiger partial charge in [-0.3, -0.25) is 9.59 Å². The van der Waals surface area contributed by atoms with Crippen LogP contribution in [-0.4, -0.2) is 17.0 Å². The lowest BCUT2D eigenvalue weighted by Gasteiger charge is -2.22. The largest absolute Gasteiger partial charge is 0.481 e. The second-order valence-corrected chi connectivity index (χ2v) is 5.86. The maximum Gasteiger partial charge on any atom is 0.307 e. The van der Waals surface area contributed by atoms with Crippen LogP contribution < -0.4 is 5.32 Å². The molecule has 0 aliphatic heterocycles. The van der Waals surface area contributed by atoms with Crippen LogP contribution >= 0.6 is 0 Å². The lowest BCUT2D eigenvalue weighted by atomic mass is 9.94. The summed E-state index contributed by atoms with van der Waals surface area (Å²) >= 11 is 0. The van der Waals surface area contributed by atoms with E-state index >= 15 is 0 Å². The Labute approximate surface area is 125 Å². The van der Waals surface area contributed by atoms with Crippen LogP contribution in [0.15, 0.2) is 24.3 Å². The van der Waals surface area contributed by atoms with Crippen molar-refractivity contribution in [1.82, 2.24) is 5.32 Å². The molecule has 1 saturated carbocycles. The smallest absolute Gasteiger partial charge is 0.307 e. The van der Waals surface area contributed by atoms with Gasteiger partial charge in [0.2, 0.25) is 5.91 Å². The number of carboxylic acids is 1. The minimum Gasteiger partial charge on any atom is -0.481 e. The first-order valence-electron chi connectivity index (χ1n) is 7.62. The molecule has 4 heteroatoms. The standard InChI is InChI=1S/C17H23NO3/c1-3-15(12-9-7-11(2)8-10-12)18-16(19)13-5-4-6-14(13)17(20)21/h7-10,13-15H,3-6H2,1-2H3,(H,18,19)(H,20,21)/t13-,14+,15?/m1/s1. The molecule has 2 rings (SSSR count). The number of aryl methyl sites for hydroxylation is 1. The number of nitrogens with one attached hydrogen (secondary N) is 1. The fourth-order valence-electron chi connectivity index (χ4n) is 3.07. The first-order valence-corrected chi connectivity index (χ1v) is 7.62. The van der Waals surface area contributed by atoms with Gasteiger partial charge in [0.1, 0.15) is 0 Å². The molecule has 1 aromatic carbocycles. The summed E-state index contributed by atoms with van der Waals surface area (Å²) in [4.78, 5) is 23.6. The number of amides is 1. The van der Waals surface area contributed by atoms with Gasteiger partial charge in [-0.1, -0.05) is 43.2 Å². The molecule has 0 heterocycles. The second-order valence-electron chi connectivity index (χ2n) is 5.86. The zero-order chi connectivity index (χ0) is 15.4. The Balaban J connectivity index is 2.06. The van der Waals surface area contributed by atoms with Crippen molar-refractivity contribution >= 4 is 11.9 Å². The fraction of sp³-hybridized carbons (Fsp3) is 0.529. The molecular weight excluding hydrogens is 266 g/mol. The minimum atomic E-state index is -0.851. The molecule has 0 saturated heterocycles. The topological polar surface area (TPSA) is 66.4 Å². The summed E-state index contributed by atoms with van der Waals surface area (Å²) in [5.41, 5.74) is 2.25. The van der Waals surface area contributed by atoms with Crippen molar-refractivity contribution in [3.63, 3.8) is 0 Å². The Morgan fingerprint density at radius 3 is 2.43 bits per heavy atom. The fourth-order valence-corrected chi connectivity index (χ4v) is 3.07. The van der Waals surface area contributed by atoms with Gasteiger partial charge < -0.3 is 10.4 Å². The summed E-state index contributed by atoms with van der Waals surface area (Å²) in [7, 11) is 0. The molecule has 1 aliphatic carbocycles. The van der Waals surface area contributed by atoms with Gasteiger partial charge >= 0.3 is 5.97 Å². The van der Waals surface area contributed by atoms with Gasteiger partial charge in [-0.15, -0.1) is 0 Å². The number of carbonyl (C=O) groups is 2. The molecule has 0 aromatic heterocycles. The van der Waals surface area contributed by atoms with Crippen molar-refractivity contribution in [1.29, 1.82) is 0 Å². The Kier molecular flexibility index (Phi) is 4.99. The highest BCUT2D eigenvalue weighted by atomic mass is 16.4. The Hall–Kier alpha value is -1.84. The first-order chi connectivity index (χ1) is 10.0. The highest BCUT2D eigenvalue weighted by molar-refractivity contribution is 5.85. The van der Waals surface area contributed by atoms with Crippen LogP contribution in [0, 0.1) is 18.8 Å². The predicted molar refractivity (Wildman–Crippen MR) is 80.8 cm³/mol. The van der Waals surface area contributed by atoms with Crippen LogP contribution in [0.5, 0.6) is 0 Å². The molecule has 3 atom stereocenters. The number of hydrogen-bond acceptors (Lipinski definition) is 2. The van der Waals surface area contributed by atoms with Crippen LogP contribution in [0.25, 0.3) is 0 Å². The number of carboxylic acid groups (broad SMARTS) is 1. The van der Waals surface area contributed by atoms with Crippen molar-refractivity contribution in [3.8, 4) is 0 Å². The van der Waals surface area contributed by atoms with Crippen LogP contribution in [0.4, 0.5) is 0 Å². The zero-order valence-electron chi connectivity index (χ0n) is 12.6. The molecule has 21 heavy (non-hydrogen) atoms. The molecule has 0 bridgehead atoms. The maximum atomic E-state index is 12.4. The van der Waals surface area contributed by atoms with E-state index in [1.54, 1.807) is 0 Å². The van der Waals surface area contributed by atoms with Crippen molar-refractivity contribution in [2.24, 2.45) is 11.8 Å². The van der Waals surface area contributed by atoms with Crippen LogP contribution in [0.1, 0.15) is 49.8 Å². The zero-order valence-corrected chi connectivity index (χ0v) is 12.6. The molecule has 1 fully saturated rings. The van der Waals surface area contributed by atoms with E-state index in [-0.39, 0.29) is 17.9 Å². The van der Waals surface area contributed by atoms with Gasteiger partial charge in [0.15, 0.2) is 0 Å². The predicted octanol–water partition coefficient (Wildman–Crippen LogP) is 3.06. The molecule has 1 aromatic rings. The summed E-state index contributed by atoms with van der Waals surface area (Å²) < 4.78 is 0. The highest BCUT2D eigenvalue weighted by Gasteiger charge is 2.38. The van der Waals surface area contributed by atoms with E-state index in [2.05, 4.69) is 5.32 Å². The van der Waals surface area contributed by atoms with Crippen LogP contribution in [-0.2, 0) is 9.59 Å². The molecular formula is C17H23NO3. The Morgan fingerprint density at radius 2 is 1.86 bits per heavy atom. The van der Waals surface area contributed by atoms with Crippen LogP contribution in [0.2, 0.25) is 0 Å². The summed E-state index contributed by atoms with van der Waals surface area (Å²) in [5, 5.41) is 12.2. The first kappa shape index (κ1) is 15.5. The van der Waals surface area contributed by atoms with E-state index < -0.39 is 11.9 Å². The number of hydrogen-bond donors (Lipinski definition) is 2. The van der Waals surface area contributed by atoms with Crippen LogP contribution in [0.3, 0.4) is 0 Å². The molecule has 1 amide bonds. The van der Waals surface area contributed by atoms with Gasteiger partial charge in [0, 0.05) is 0 Å². The minimum absolute atomic E-state index is 0.0480. The van der Waals surface area contributed by atoms with Crippen molar-refractivity contribution in [3.05, 3.63) is 35.4 Å². The Morgan fingerprint density at radius 1 is 1.24 bits per heavy atom. The van der Waals surface area contributed by atoms with Gasteiger partial charge in [-0.05, 0) is 31.7 Å². The molecule has 4 nitrogen and oxygen atoms in total. The molecule has 0 spiro atoms. The maximum absolute atomic E-state index is 12.4. The quantitative estimate of drug-likeness (QED) is 0.875. The van der Waals surface area contributed by atoms with E-state index in [9.17, 15) is 14.7 Å². The second kappa shape index (κ2) is 6.74. The van der Waals surface area contributed by atoms with Crippen molar-refractivity contribution in [2.75, 3.05) is 0 Å². The monoisotopic (exact) mass is 289 g/mol. The third kappa shape index (κ3) is 3.63. The lowest BCUT2D eigenvalue weighted by Crippen LogP contribution is -2.37. The van der Waals surface area contributed by atoms with E-state index in [0.717, 1.165) is 18.4 Å². The van der Waals surface area contributed by atoms with Crippen molar-refractivity contribution in [2.45, 2.75) is 45.6 Å². The number of carbonyl (C=O) groups excluding carboxylic acids is 1. The SMILES string of the molecule is CCC(NC(=O)[C@@H]1CCC[C@@H]1C(=O)O)c1ccc(C)cc1. The normalized spacial score (nSPS) is 22.8. The Bertz CT molecular complexity index is 509. The third-order valence-corrected chi connectivity index (χ3v) is 4.37. The van der Waals surface area contributed by atoms with Gasteiger partial charge in [0.25, 0.3) is 0 Å². The molecule has 2 N–H and O–H groups in total. The number of rotatable bonds is 5. The van der Waals surface area contributed by atoms with Gasteiger partial charge in [-0.2, -0.15) is 0 Å². The van der Waals surface area contributed by atoms with Crippen molar-refractivity contribution < 1.29 is 14.7 Å². The molecule has 1 unspecified atom stereocenters. The van der Waals surface area contributed by atoms with E-state index in [1.165, 1.54) is 5.56 Å².